The van der Waals surface area contributed by atoms with Crippen LogP contribution in [0, 0.1) is 5.92 Å². The molecule has 0 unspecified atom stereocenters. The molecule has 1 saturated carbocycles. The summed E-state index contributed by atoms with van der Waals surface area (Å²) in [4.78, 5) is 24.1. The van der Waals surface area contributed by atoms with Gasteiger partial charge in [0.1, 0.15) is 0 Å². The van der Waals surface area contributed by atoms with Crippen LogP contribution in [-0.2, 0) is 4.79 Å². The number of amides is 1. The average molecular weight is 399 g/mol. The fraction of sp³-hybridized carbons (Fsp3) is 0.231. The van der Waals surface area contributed by atoms with Crippen molar-refractivity contribution in [2.45, 2.75) is 31.6 Å². The second-order valence-corrected chi connectivity index (χ2v) is 7.87. The van der Waals surface area contributed by atoms with Crippen LogP contribution in [0.25, 0.3) is 11.1 Å². The molecule has 152 valence electrons. The number of nitrogens with one attached hydrogen (secondary N) is 1. The lowest BCUT2D eigenvalue weighted by Gasteiger charge is -2.28. The van der Waals surface area contributed by atoms with Gasteiger partial charge in [-0.2, -0.15) is 0 Å². The fourth-order valence-corrected chi connectivity index (χ4v) is 4.26. The third kappa shape index (κ3) is 4.43. The zero-order valence-electron chi connectivity index (χ0n) is 16.8. The van der Waals surface area contributed by atoms with Gasteiger partial charge in [-0.15, -0.1) is 0 Å². The van der Waals surface area contributed by atoms with E-state index in [1.165, 1.54) is 0 Å². The second-order valence-electron chi connectivity index (χ2n) is 7.87. The van der Waals surface area contributed by atoms with Crippen molar-refractivity contribution in [2.24, 2.45) is 5.92 Å². The minimum Gasteiger partial charge on any atom is -0.481 e. The van der Waals surface area contributed by atoms with Crippen LogP contribution in [0.15, 0.2) is 78.9 Å². The Balaban J connectivity index is 1.47. The van der Waals surface area contributed by atoms with E-state index in [1.54, 1.807) is 0 Å². The molecule has 0 atom stereocenters. The highest BCUT2D eigenvalue weighted by Gasteiger charge is 2.28. The highest BCUT2D eigenvalue weighted by Crippen LogP contribution is 2.38. The first-order chi connectivity index (χ1) is 14.6. The Hall–Kier alpha value is -3.40. The molecule has 1 amide bonds. The third-order valence-corrected chi connectivity index (χ3v) is 5.98. The van der Waals surface area contributed by atoms with Gasteiger partial charge in [-0.1, -0.05) is 60.7 Å². The molecule has 1 fully saturated rings. The largest absolute Gasteiger partial charge is 0.481 e. The summed E-state index contributed by atoms with van der Waals surface area (Å²) in [6.45, 7) is 0. The van der Waals surface area contributed by atoms with E-state index >= 15 is 0 Å². The van der Waals surface area contributed by atoms with E-state index in [0.29, 0.717) is 18.4 Å². The first-order valence-corrected chi connectivity index (χ1v) is 10.4. The molecule has 2 N–H and O–H groups in total. The number of hydrogen-bond donors (Lipinski definition) is 2. The van der Waals surface area contributed by atoms with Crippen LogP contribution < -0.4 is 5.32 Å². The van der Waals surface area contributed by atoms with E-state index in [4.69, 9.17) is 0 Å². The van der Waals surface area contributed by atoms with Crippen LogP contribution in [0.2, 0.25) is 0 Å². The Labute approximate surface area is 176 Å². The van der Waals surface area contributed by atoms with Crippen molar-refractivity contribution >= 4 is 17.6 Å². The van der Waals surface area contributed by atoms with Crippen molar-refractivity contribution in [2.75, 3.05) is 5.32 Å². The van der Waals surface area contributed by atoms with E-state index in [9.17, 15) is 14.7 Å². The molecule has 4 heteroatoms. The lowest BCUT2D eigenvalue weighted by molar-refractivity contribution is -0.142. The zero-order chi connectivity index (χ0) is 20.9. The first-order valence-electron chi connectivity index (χ1n) is 10.4. The van der Waals surface area contributed by atoms with Gasteiger partial charge >= 0.3 is 5.97 Å². The van der Waals surface area contributed by atoms with Gasteiger partial charge in [0.2, 0.25) is 0 Å². The van der Waals surface area contributed by atoms with Gasteiger partial charge in [-0.3, -0.25) is 9.59 Å². The van der Waals surface area contributed by atoms with Crippen LogP contribution in [0.4, 0.5) is 5.69 Å². The number of aliphatic carboxylic acids is 1. The van der Waals surface area contributed by atoms with Crippen LogP contribution >= 0.6 is 0 Å². The molecule has 1 aliphatic rings. The Morgan fingerprint density at radius 1 is 0.733 bits per heavy atom. The summed E-state index contributed by atoms with van der Waals surface area (Å²) in [7, 11) is 0. The molecule has 0 radical (unpaired) electrons. The van der Waals surface area contributed by atoms with E-state index in [-0.39, 0.29) is 17.7 Å². The maximum atomic E-state index is 12.8. The number of carbonyl (C=O) groups is 2. The van der Waals surface area contributed by atoms with Crippen molar-refractivity contribution in [3.05, 3.63) is 90.0 Å². The highest BCUT2D eigenvalue weighted by molar-refractivity contribution is 6.05. The predicted molar refractivity (Wildman–Crippen MR) is 119 cm³/mol. The molecule has 3 aromatic rings. The summed E-state index contributed by atoms with van der Waals surface area (Å²) in [5, 5.41) is 12.3. The molecule has 0 spiro atoms. The number of carboxylic acid groups (broad SMARTS) is 1. The van der Waals surface area contributed by atoms with Crippen molar-refractivity contribution in [3.63, 3.8) is 0 Å². The third-order valence-electron chi connectivity index (χ3n) is 5.98. The molecule has 0 aliphatic heterocycles. The normalized spacial score (nSPS) is 18.5. The smallest absolute Gasteiger partial charge is 0.306 e. The summed E-state index contributed by atoms with van der Waals surface area (Å²) in [5.74, 6) is -0.807. The summed E-state index contributed by atoms with van der Waals surface area (Å²) >= 11 is 0. The van der Waals surface area contributed by atoms with E-state index < -0.39 is 5.97 Å². The monoisotopic (exact) mass is 399 g/mol. The van der Waals surface area contributed by atoms with Gasteiger partial charge in [-0.05, 0) is 66.5 Å². The van der Waals surface area contributed by atoms with Gasteiger partial charge < -0.3 is 10.4 Å². The fourth-order valence-electron chi connectivity index (χ4n) is 4.26. The number of anilines is 1. The molecule has 0 aromatic heterocycles. The maximum Gasteiger partial charge on any atom is 0.306 e. The summed E-state index contributed by atoms with van der Waals surface area (Å²) in [5.41, 5.74) is 4.71. The minimum atomic E-state index is -0.700. The molecule has 30 heavy (non-hydrogen) atoms. The second kappa shape index (κ2) is 8.95. The highest BCUT2D eigenvalue weighted by atomic mass is 16.4. The van der Waals surface area contributed by atoms with Gasteiger partial charge in [-0.25, -0.2) is 0 Å². The van der Waals surface area contributed by atoms with Gasteiger partial charge in [0, 0.05) is 11.3 Å². The van der Waals surface area contributed by atoms with Gasteiger partial charge in [0.25, 0.3) is 5.91 Å². The minimum absolute atomic E-state index is 0.138. The molecule has 1 aliphatic carbocycles. The Morgan fingerprint density at radius 3 is 2.00 bits per heavy atom. The SMILES string of the molecule is O=C(Nc1ccccc1[C@H]1CC[C@H](C(=O)O)CC1)c1ccc(-c2ccccc2)cc1. The number of para-hydroxylation sites is 1. The standard InChI is InChI=1S/C26H25NO3/c28-25(21-14-10-19(11-15-21)18-6-2-1-3-7-18)27-24-9-5-4-8-23(24)20-12-16-22(17-13-20)26(29)30/h1-11,14-15,20,22H,12-13,16-17H2,(H,27,28)(H,29,30)/t20-,22-. The van der Waals surface area contributed by atoms with Crippen LogP contribution in [0.1, 0.15) is 47.5 Å². The molecule has 3 aromatic carbocycles. The predicted octanol–water partition coefficient (Wildman–Crippen LogP) is 5.96. The summed E-state index contributed by atoms with van der Waals surface area (Å²) in [6, 6.07) is 25.5. The van der Waals surface area contributed by atoms with Crippen LogP contribution in [0.3, 0.4) is 0 Å². The molecule has 4 nitrogen and oxygen atoms in total. The summed E-state index contributed by atoms with van der Waals surface area (Å²) < 4.78 is 0. The average Bonchev–Trinajstić information content (AvgIpc) is 2.80. The zero-order valence-corrected chi connectivity index (χ0v) is 16.8. The Bertz CT molecular complexity index is 1020. The number of carbonyl (C=O) groups excluding carboxylic acids is 1. The number of carboxylic acids is 1. The Morgan fingerprint density at radius 2 is 1.33 bits per heavy atom. The van der Waals surface area contributed by atoms with Crippen molar-refractivity contribution < 1.29 is 14.7 Å². The molecule has 0 heterocycles. The van der Waals surface area contributed by atoms with Crippen LogP contribution in [0.5, 0.6) is 0 Å². The molecule has 0 bridgehead atoms. The van der Waals surface area contributed by atoms with E-state index in [0.717, 1.165) is 35.2 Å². The lowest BCUT2D eigenvalue weighted by Crippen LogP contribution is -2.21. The van der Waals surface area contributed by atoms with Crippen molar-refractivity contribution in [1.82, 2.24) is 0 Å². The van der Waals surface area contributed by atoms with E-state index in [2.05, 4.69) is 5.32 Å². The maximum absolute atomic E-state index is 12.8. The number of benzene rings is 3. The van der Waals surface area contributed by atoms with Crippen molar-refractivity contribution in [1.29, 1.82) is 0 Å². The Kier molecular flexibility index (Phi) is 5.94. The van der Waals surface area contributed by atoms with Crippen LogP contribution in [-0.4, -0.2) is 17.0 Å². The van der Waals surface area contributed by atoms with Crippen molar-refractivity contribution in [3.8, 4) is 11.1 Å². The molecular formula is C26H25NO3. The van der Waals surface area contributed by atoms with Gasteiger partial charge in [0.15, 0.2) is 0 Å². The van der Waals surface area contributed by atoms with E-state index in [1.807, 2.05) is 78.9 Å². The molecule has 4 rings (SSSR count). The van der Waals surface area contributed by atoms with Gasteiger partial charge in [0.05, 0.1) is 5.92 Å². The summed E-state index contributed by atoms with van der Waals surface area (Å²) in [6.07, 6.45) is 3.03. The number of hydrogen-bond acceptors (Lipinski definition) is 2. The lowest BCUT2D eigenvalue weighted by atomic mass is 9.78. The quantitative estimate of drug-likeness (QED) is 0.556. The number of rotatable bonds is 5. The first kappa shape index (κ1) is 19.9. The molecule has 0 saturated heterocycles. The molecular weight excluding hydrogens is 374 g/mol. The topological polar surface area (TPSA) is 66.4 Å².